The molecule has 0 aliphatic heterocycles. The van der Waals surface area contributed by atoms with Gasteiger partial charge in [0, 0.05) is 80.6 Å². The first-order chi connectivity index (χ1) is 0. The van der Waals surface area contributed by atoms with Crippen molar-refractivity contribution in [1.29, 1.82) is 0 Å². The molecule has 0 saturated heterocycles. The van der Waals surface area contributed by atoms with E-state index >= 15 is 0 Å². The zero-order valence-electron chi connectivity index (χ0n) is 7.22. The van der Waals surface area contributed by atoms with Crippen molar-refractivity contribution in [3.63, 3.8) is 0 Å². The van der Waals surface area contributed by atoms with E-state index in [4.69, 9.17) is 0 Å². The summed E-state index contributed by atoms with van der Waals surface area (Å²) in [6.07, 6.45) is 0. The molecule has 6 heavy (non-hydrogen) atoms. The molecule has 0 fully saturated rings. The van der Waals surface area contributed by atoms with Gasteiger partial charge in [-0.25, -0.2) is 0 Å². The fourth-order valence-corrected chi connectivity index (χ4v) is 0. The van der Waals surface area contributed by atoms with Crippen molar-refractivity contribution in [2.45, 2.75) is 0 Å². The summed E-state index contributed by atoms with van der Waals surface area (Å²) in [4.78, 5) is 0. The monoisotopic (exact) mass is 350 g/mol. The fraction of sp³-hybridized carbons (Fsp3) is 0. The average Bonchev–Trinajstić information content (AvgIpc) is 0. The molecule has 0 aromatic carbocycles. The van der Waals surface area contributed by atoms with E-state index < -0.39 is 0 Å². The molecule has 36 valence electrons. The summed E-state index contributed by atoms with van der Waals surface area (Å²) in [6.45, 7) is 0. The first kappa shape index (κ1) is 46.0. The van der Waals surface area contributed by atoms with Crippen LogP contribution in [0.5, 0.6) is 0 Å². The van der Waals surface area contributed by atoms with Crippen LogP contribution in [0.4, 0.5) is 0 Å². The summed E-state index contributed by atoms with van der Waals surface area (Å²) in [5, 5.41) is 0. The molecule has 6 heteroatoms. The van der Waals surface area contributed by atoms with Gasteiger partial charge in [0.1, 0.15) is 0 Å². The maximum absolute atomic E-state index is 0. The van der Waals surface area contributed by atoms with E-state index in [9.17, 15) is 0 Å². The van der Waals surface area contributed by atoms with Gasteiger partial charge < -0.3 is 5.71 Å². The molecule has 0 nitrogen and oxygen atoms in total. The van der Waals surface area contributed by atoms with E-state index in [0.717, 1.165) is 0 Å². The van der Waals surface area contributed by atoms with Gasteiger partial charge in [-0.2, -0.15) is 0 Å². The Kier molecular flexibility index (Phi) is 257. The van der Waals surface area contributed by atoms with Crippen molar-refractivity contribution in [1.82, 2.24) is 0 Å². The van der Waals surface area contributed by atoms with E-state index in [0.29, 0.717) is 0 Å². The minimum absolute atomic E-state index is 0. The zero-order valence-corrected chi connectivity index (χ0v) is 13.8. The van der Waals surface area contributed by atoms with Gasteiger partial charge in [-0.15, -0.1) is 0 Å². The second-order valence-corrected chi connectivity index (χ2v) is 0. The summed E-state index contributed by atoms with van der Waals surface area (Å²) in [5.41, 5.74) is 0. The van der Waals surface area contributed by atoms with Crippen LogP contribution in [0.2, 0.25) is 0 Å². The van der Waals surface area contributed by atoms with Gasteiger partial charge in [-0.1, -0.05) is 0 Å². The van der Waals surface area contributed by atoms with Gasteiger partial charge in [0.05, 0.1) is 0 Å². The molecule has 0 rings (SSSR count). The van der Waals surface area contributed by atoms with E-state index in [1.165, 1.54) is 0 Å². The summed E-state index contributed by atoms with van der Waals surface area (Å²) < 4.78 is 0. The topological polar surface area (TPSA) is 0 Å². The predicted octanol–water partition coefficient (Wildman–Crippen LogP) is -0.322. The molecule has 0 unspecified atom stereocenters. The largest absolute Gasteiger partial charge is 2.00 e. The Morgan fingerprint density at radius 3 is 1.17 bits per heavy atom. The van der Waals surface area contributed by atoms with Gasteiger partial charge in [0.25, 0.3) is 0 Å². The van der Waals surface area contributed by atoms with Crippen LogP contribution in [-0.4, -0.2) is 60.8 Å². The van der Waals surface area contributed by atoms with Crippen molar-refractivity contribution < 1.29 is 86.4 Å². The van der Waals surface area contributed by atoms with Crippen LogP contribution in [-0.2, 0) is 80.6 Å². The molecule has 0 aliphatic carbocycles. The molecular formula is H4AgCaCuMgTiZn. The Balaban J connectivity index is 0. The average molecular weight is 353 g/mol. The second-order valence-electron chi connectivity index (χ2n) is 0. The van der Waals surface area contributed by atoms with Gasteiger partial charge in [0.2, 0.25) is 0 Å². The molecule has 0 bridgehead atoms. The van der Waals surface area contributed by atoms with Crippen LogP contribution in [0.1, 0.15) is 5.71 Å². The number of hydrogen-bond acceptors (Lipinski definition) is 0. The molecular weight excluding hydrogens is 349 g/mol. The third-order valence-corrected chi connectivity index (χ3v) is 0. The van der Waals surface area contributed by atoms with Crippen LogP contribution < -0.4 is 0 Å². The molecule has 0 aliphatic rings. The normalized spacial score (nSPS) is 0. The van der Waals surface area contributed by atoms with Gasteiger partial charge in [-0.05, 0) is 0 Å². The maximum atomic E-state index is 0. The molecule has 0 amide bonds. The molecule has 0 saturated carbocycles. The van der Waals surface area contributed by atoms with Crippen LogP contribution in [0.3, 0.4) is 0 Å². The minimum Gasteiger partial charge on any atom is -1.00 e. The molecule has 0 N–H and O–H groups in total. The first-order valence-electron chi connectivity index (χ1n) is 0. The Labute approximate surface area is 144 Å². The number of rotatable bonds is 0. The predicted molar refractivity (Wildman–Crippen MR) is 16.0 cm³/mol. The molecule has 0 spiro atoms. The minimum atomic E-state index is 0. The zero-order chi connectivity index (χ0) is 0. The summed E-state index contributed by atoms with van der Waals surface area (Å²) in [6, 6.07) is 0. The van der Waals surface area contributed by atoms with Gasteiger partial charge in [-0.3, -0.25) is 0 Å². The van der Waals surface area contributed by atoms with E-state index in [-0.39, 0.29) is 147 Å². The standard InChI is InChI=1S/Ag.Ca.Cu.Mg.Ti.Zn.4H/q;+2;;+2;;;4*-1. The molecule has 0 atom stereocenters. The molecule has 0 aromatic heterocycles. The van der Waals surface area contributed by atoms with E-state index in [1.54, 1.807) is 0 Å². The quantitative estimate of drug-likeness (QED) is 0.524. The first-order valence-corrected chi connectivity index (χ1v) is 0. The van der Waals surface area contributed by atoms with Crippen molar-refractivity contribution in [3.8, 4) is 0 Å². The fourth-order valence-electron chi connectivity index (χ4n) is 0. The van der Waals surface area contributed by atoms with Crippen molar-refractivity contribution in [3.05, 3.63) is 0 Å². The maximum Gasteiger partial charge on any atom is 2.00 e. The molecule has 0 aromatic rings. The Morgan fingerprint density at radius 1 is 1.17 bits per heavy atom. The van der Waals surface area contributed by atoms with E-state index in [2.05, 4.69) is 0 Å². The van der Waals surface area contributed by atoms with E-state index in [1.807, 2.05) is 0 Å². The SMILES string of the molecule is [Ag].[Ca+2].[Cu].[H-].[H-].[H-].[H-].[Mg+2].[Ti].[Zn]. The van der Waals surface area contributed by atoms with Gasteiger partial charge >= 0.3 is 60.8 Å². The van der Waals surface area contributed by atoms with Gasteiger partial charge in [0.15, 0.2) is 0 Å². The van der Waals surface area contributed by atoms with Crippen molar-refractivity contribution in [2.24, 2.45) is 0 Å². The molecule has 0 heterocycles. The van der Waals surface area contributed by atoms with Crippen LogP contribution in [0, 0.1) is 0 Å². The number of hydrogen-bond donors (Lipinski definition) is 0. The Hall–Kier alpha value is 4.62. The summed E-state index contributed by atoms with van der Waals surface area (Å²) in [7, 11) is 0. The third kappa shape index (κ3) is 23.4. The van der Waals surface area contributed by atoms with Crippen molar-refractivity contribution >= 4 is 60.8 Å². The third-order valence-electron chi connectivity index (χ3n) is 0. The van der Waals surface area contributed by atoms with Crippen LogP contribution in [0.25, 0.3) is 0 Å². The Morgan fingerprint density at radius 2 is 1.17 bits per heavy atom. The smallest absolute Gasteiger partial charge is 1.00 e. The molecule has 2 radical (unpaired) electrons. The van der Waals surface area contributed by atoms with Crippen LogP contribution in [0.15, 0.2) is 0 Å². The Bertz CT molecular complexity index is 25.2. The van der Waals surface area contributed by atoms with Crippen LogP contribution >= 0.6 is 0 Å². The summed E-state index contributed by atoms with van der Waals surface area (Å²) in [5.74, 6) is 0. The van der Waals surface area contributed by atoms with Crippen molar-refractivity contribution in [2.75, 3.05) is 0 Å². The summed E-state index contributed by atoms with van der Waals surface area (Å²) >= 11 is 0. The second kappa shape index (κ2) is 33.5.